The molecule has 20 heavy (non-hydrogen) atoms. The number of hydrogen-bond acceptors (Lipinski definition) is 4. The number of benzene rings is 1. The molecule has 0 saturated heterocycles. The molecule has 1 unspecified atom stereocenters. The van der Waals surface area contributed by atoms with E-state index in [4.69, 9.17) is 9.47 Å². The number of aliphatic hydroxyl groups is 1. The van der Waals surface area contributed by atoms with Crippen LogP contribution in [-0.4, -0.2) is 23.9 Å². The van der Waals surface area contributed by atoms with Gasteiger partial charge in [-0.3, -0.25) is 4.79 Å². The second-order valence-corrected chi connectivity index (χ2v) is 4.32. The molecule has 0 aliphatic carbocycles. The molecule has 0 saturated carbocycles. The van der Waals surface area contributed by atoms with Crippen molar-refractivity contribution in [3.8, 4) is 11.5 Å². The molecule has 106 valence electrons. The van der Waals surface area contributed by atoms with Gasteiger partial charge in [-0.15, -0.1) is 0 Å². The van der Waals surface area contributed by atoms with Crippen molar-refractivity contribution in [2.24, 2.45) is 0 Å². The first kappa shape index (κ1) is 14.1. The number of hydrogen-bond donors (Lipinski definition) is 1. The van der Waals surface area contributed by atoms with E-state index >= 15 is 0 Å². The fourth-order valence-electron chi connectivity index (χ4n) is 1.96. The summed E-state index contributed by atoms with van der Waals surface area (Å²) in [7, 11) is 3.09. The van der Waals surface area contributed by atoms with E-state index in [9.17, 15) is 9.90 Å². The first-order valence-electron chi connectivity index (χ1n) is 6.21. The summed E-state index contributed by atoms with van der Waals surface area (Å²) in [5.74, 6) is 1.14. The second kappa shape index (κ2) is 6.25. The molecule has 1 aromatic carbocycles. The Morgan fingerprint density at radius 3 is 2.55 bits per heavy atom. The standard InChI is InChI=1S/C15H17NO4/c1-19-13-7-6-11(9-14(13)20-2)12(17)10-16-8-4-3-5-15(16)18/h3-9,12,17H,10H2,1-2H3. The van der Waals surface area contributed by atoms with Crippen LogP contribution in [0.5, 0.6) is 11.5 Å². The number of pyridine rings is 1. The topological polar surface area (TPSA) is 60.7 Å². The van der Waals surface area contributed by atoms with Gasteiger partial charge < -0.3 is 19.1 Å². The predicted octanol–water partition coefficient (Wildman–Crippen LogP) is 1.60. The minimum Gasteiger partial charge on any atom is -0.493 e. The largest absolute Gasteiger partial charge is 0.493 e. The van der Waals surface area contributed by atoms with Crippen LogP contribution in [0.15, 0.2) is 47.4 Å². The summed E-state index contributed by atoms with van der Waals surface area (Å²) in [4.78, 5) is 11.6. The summed E-state index contributed by atoms with van der Waals surface area (Å²) < 4.78 is 11.8. The van der Waals surface area contributed by atoms with E-state index in [0.29, 0.717) is 17.1 Å². The van der Waals surface area contributed by atoms with Crippen molar-refractivity contribution in [3.63, 3.8) is 0 Å². The van der Waals surface area contributed by atoms with Gasteiger partial charge in [-0.2, -0.15) is 0 Å². The van der Waals surface area contributed by atoms with Crippen LogP contribution < -0.4 is 15.0 Å². The van der Waals surface area contributed by atoms with Gasteiger partial charge in [-0.25, -0.2) is 0 Å². The van der Waals surface area contributed by atoms with Crippen molar-refractivity contribution < 1.29 is 14.6 Å². The van der Waals surface area contributed by atoms with Gasteiger partial charge in [-0.05, 0) is 23.8 Å². The zero-order valence-corrected chi connectivity index (χ0v) is 11.4. The summed E-state index contributed by atoms with van der Waals surface area (Å²) in [5.41, 5.74) is 0.519. The average molecular weight is 275 g/mol. The van der Waals surface area contributed by atoms with Gasteiger partial charge in [-0.1, -0.05) is 12.1 Å². The average Bonchev–Trinajstić information content (AvgIpc) is 2.48. The monoisotopic (exact) mass is 275 g/mol. The van der Waals surface area contributed by atoms with Gasteiger partial charge in [0, 0.05) is 12.3 Å². The maximum atomic E-state index is 11.6. The Balaban J connectivity index is 2.23. The Bertz CT molecular complexity index is 636. The van der Waals surface area contributed by atoms with Crippen LogP contribution >= 0.6 is 0 Å². The first-order valence-corrected chi connectivity index (χ1v) is 6.21. The highest BCUT2D eigenvalue weighted by atomic mass is 16.5. The van der Waals surface area contributed by atoms with E-state index in [1.54, 1.807) is 43.6 Å². The maximum Gasteiger partial charge on any atom is 0.250 e. The number of aromatic nitrogens is 1. The normalized spacial score (nSPS) is 11.9. The third-order valence-electron chi connectivity index (χ3n) is 3.06. The van der Waals surface area contributed by atoms with E-state index in [1.807, 2.05) is 0 Å². The Kier molecular flexibility index (Phi) is 4.42. The summed E-state index contributed by atoms with van der Waals surface area (Å²) in [6.07, 6.45) is 0.849. The van der Waals surface area contributed by atoms with Crippen LogP contribution in [0.25, 0.3) is 0 Å². The third kappa shape index (κ3) is 3.00. The van der Waals surface area contributed by atoms with Crippen molar-refractivity contribution in [3.05, 3.63) is 58.5 Å². The second-order valence-electron chi connectivity index (χ2n) is 4.32. The Morgan fingerprint density at radius 1 is 1.15 bits per heavy atom. The quantitative estimate of drug-likeness (QED) is 0.900. The van der Waals surface area contributed by atoms with Crippen LogP contribution in [0.1, 0.15) is 11.7 Å². The number of rotatable bonds is 5. The molecule has 0 aliphatic heterocycles. The lowest BCUT2D eigenvalue weighted by Gasteiger charge is -2.15. The van der Waals surface area contributed by atoms with Gasteiger partial charge in [0.05, 0.1) is 26.9 Å². The molecule has 2 rings (SSSR count). The SMILES string of the molecule is COc1ccc(C(O)Cn2ccccc2=O)cc1OC. The molecule has 5 heteroatoms. The molecule has 0 amide bonds. The molecule has 0 spiro atoms. The fourth-order valence-corrected chi connectivity index (χ4v) is 1.96. The Morgan fingerprint density at radius 2 is 1.90 bits per heavy atom. The van der Waals surface area contributed by atoms with Crippen molar-refractivity contribution in [1.82, 2.24) is 4.57 Å². The molecule has 0 aliphatic rings. The molecular formula is C15H17NO4. The van der Waals surface area contributed by atoms with Gasteiger partial charge in [0.2, 0.25) is 0 Å². The van der Waals surface area contributed by atoms with Gasteiger partial charge >= 0.3 is 0 Å². The smallest absolute Gasteiger partial charge is 0.250 e. The van der Waals surface area contributed by atoms with Crippen LogP contribution in [0.2, 0.25) is 0 Å². The van der Waals surface area contributed by atoms with E-state index in [-0.39, 0.29) is 12.1 Å². The lowest BCUT2D eigenvalue weighted by Crippen LogP contribution is -2.21. The molecule has 5 nitrogen and oxygen atoms in total. The minimum absolute atomic E-state index is 0.146. The minimum atomic E-state index is -0.796. The van der Waals surface area contributed by atoms with Gasteiger partial charge in [0.25, 0.3) is 5.56 Å². The Hall–Kier alpha value is -2.27. The van der Waals surface area contributed by atoms with E-state index in [2.05, 4.69) is 0 Å². The molecule has 0 radical (unpaired) electrons. The maximum absolute atomic E-state index is 11.6. The molecule has 0 bridgehead atoms. The Labute approximate surface area is 117 Å². The lowest BCUT2D eigenvalue weighted by atomic mass is 10.1. The molecule has 0 fully saturated rings. The first-order chi connectivity index (χ1) is 9.65. The highest BCUT2D eigenvalue weighted by molar-refractivity contribution is 5.43. The number of aliphatic hydroxyl groups excluding tert-OH is 1. The number of methoxy groups -OCH3 is 2. The molecule has 2 aromatic rings. The van der Waals surface area contributed by atoms with Crippen LogP contribution in [0.4, 0.5) is 0 Å². The van der Waals surface area contributed by atoms with Crippen molar-refractivity contribution in [2.45, 2.75) is 12.6 Å². The molecule has 1 atom stereocenters. The molecule has 1 heterocycles. The molecule has 1 aromatic heterocycles. The number of nitrogens with zero attached hydrogens (tertiary/aromatic N) is 1. The highest BCUT2D eigenvalue weighted by Gasteiger charge is 2.12. The zero-order valence-electron chi connectivity index (χ0n) is 11.4. The third-order valence-corrected chi connectivity index (χ3v) is 3.06. The highest BCUT2D eigenvalue weighted by Crippen LogP contribution is 2.30. The van der Waals surface area contributed by atoms with Crippen LogP contribution in [0, 0.1) is 0 Å². The van der Waals surface area contributed by atoms with Gasteiger partial charge in [0.15, 0.2) is 11.5 Å². The summed E-state index contributed by atoms with van der Waals surface area (Å²) in [6.45, 7) is 0.190. The summed E-state index contributed by atoms with van der Waals surface area (Å²) in [5, 5.41) is 10.2. The number of ether oxygens (including phenoxy) is 2. The van der Waals surface area contributed by atoms with E-state index in [1.165, 1.54) is 17.7 Å². The summed E-state index contributed by atoms with van der Waals surface area (Å²) >= 11 is 0. The van der Waals surface area contributed by atoms with E-state index in [0.717, 1.165) is 0 Å². The molecular weight excluding hydrogens is 258 g/mol. The fraction of sp³-hybridized carbons (Fsp3) is 0.267. The van der Waals surface area contributed by atoms with Crippen LogP contribution in [0.3, 0.4) is 0 Å². The molecule has 1 N–H and O–H groups in total. The zero-order chi connectivity index (χ0) is 14.5. The predicted molar refractivity (Wildman–Crippen MR) is 75.2 cm³/mol. The summed E-state index contributed by atoms with van der Waals surface area (Å²) in [6, 6.07) is 10.1. The lowest BCUT2D eigenvalue weighted by molar-refractivity contribution is 0.154. The van der Waals surface area contributed by atoms with E-state index < -0.39 is 6.10 Å². The van der Waals surface area contributed by atoms with Crippen LogP contribution in [-0.2, 0) is 6.54 Å². The van der Waals surface area contributed by atoms with Crippen molar-refractivity contribution >= 4 is 0 Å². The van der Waals surface area contributed by atoms with Crippen molar-refractivity contribution in [1.29, 1.82) is 0 Å². The van der Waals surface area contributed by atoms with Crippen molar-refractivity contribution in [2.75, 3.05) is 14.2 Å². The van der Waals surface area contributed by atoms with Gasteiger partial charge in [0.1, 0.15) is 0 Å².